The number of ether oxygens (including phenoxy) is 1. The fraction of sp³-hybridized carbons (Fsp3) is 0.368. The molecule has 1 aliphatic heterocycles. The molecule has 0 saturated carbocycles. The molecule has 2 aromatic carbocycles. The van der Waals surface area contributed by atoms with Gasteiger partial charge in [0.05, 0.1) is 12.6 Å². The number of hydrogen-bond donors (Lipinski definition) is 1. The zero-order chi connectivity index (χ0) is 14.8. The van der Waals surface area contributed by atoms with Crippen LogP contribution in [-0.4, -0.2) is 13.7 Å². The van der Waals surface area contributed by atoms with Crippen molar-refractivity contribution in [2.75, 3.05) is 13.7 Å². The summed E-state index contributed by atoms with van der Waals surface area (Å²) in [6, 6.07) is 13.5. The predicted octanol–water partition coefficient (Wildman–Crippen LogP) is 3.94. The smallest absolute Gasteiger partial charge is 0.122 e. The van der Waals surface area contributed by atoms with Crippen molar-refractivity contribution >= 4 is 0 Å². The molecule has 21 heavy (non-hydrogen) atoms. The van der Waals surface area contributed by atoms with Crippen LogP contribution in [0.25, 0.3) is 0 Å². The van der Waals surface area contributed by atoms with Crippen molar-refractivity contribution in [2.24, 2.45) is 0 Å². The van der Waals surface area contributed by atoms with Crippen LogP contribution in [0, 0.1) is 13.8 Å². The van der Waals surface area contributed by atoms with E-state index in [4.69, 9.17) is 4.74 Å². The Morgan fingerprint density at radius 2 is 1.76 bits per heavy atom. The summed E-state index contributed by atoms with van der Waals surface area (Å²) in [6.07, 6.45) is 2.23. The molecular weight excluding hydrogens is 258 g/mol. The first-order valence-corrected chi connectivity index (χ1v) is 7.69. The van der Waals surface area contributed by atoms with Crippen molar-refractivity contribution in [2.45, 2.75) is 32.7 Å². The maximum absolute atomic E-state index is 5.71. The Morgan fingerprint density at radius 1 is 1.00 bits per heavy atom. The quantitative estimate of drug-likeness (QED) is 0.920. The lowest BCUT2D eigenvalue weighted by Crippen LogP contribution is -2.19. The van der Waals surface area contributed by atoms with Gasteiger partial charge in [0.15, 0.2) is 0 Å². The van der Waals surface area contributed by atoms with Gasteiger partial charge in [-0.15, -0.1) is 0 Å². The van der Waals surface area contributed by atoms with Crippen molar-refractivity contribution in [3.8, 4) is 5.75 Å². The molecule has 2 nitrogen and oxygen atoms in total. The molecule has 1 unspecified atom stereocenters. The highest BCUT2D eigenvalue weighted by Gasteiger charge is 2.16. The van der Waals surface area contributed by atoms with Crippen LogP contribution in [-0.2, 0) is 6.42 Å². The van der Waals surface area contributed by atoms with Crippen LogP contribution in [0.3, 0.4) is 0 Å². The molecule has 1 aliphatic rings. The lowest BCUT2D eigenvalue weighted by Gasteiger charge is -2.22. The minimum atomic E-state index is 0.233. The summed E-state index contributed by atoms with van der Waals surface area (Å²) in [5.41, 5.74) is 6.65. The van der Waals surface area contributed by atoms with Gasteiger partial charge in [-0.3, -0.25) is 0 Å². The molecule has 0 aliphatic carbocycles. The molecule has 0 spiro atoms. The van der Waals surface area contributed by atoms with Gasteiger partial charge in [-0.2, -0.15) is 0 Å². The molecule has 0 aromatic heterocycles. The summed E-state index contributed by atoms with van der Waals surface area (Å²) in [5.74, 6) is 1.06. The Labute approximate surface area is 127 Å². The van der Waals surface area contributed by atoms with E-state index in [1.54, 1.807) is 0 Å². The predicted molar refractivity (Wildman–Crippen MR) is 87.1 cm³/mol. The van der Waals surface area contributed by atoms with E-state index in [0.29, 0.717) is 0 Å². The molecule has 1 N–H and O–H groups in total. The third kappa shape index (κ3) is 2.81. The SMILES string of the molecule is CNC(c1ccc(C)c(C)c1)c1ccc2c(c1)CCCO2. The second-order valence-electron chi connectivity index (χ2n) is 5.88. The molecule has 0 radical (unpaired) electrons. The first kappa shape index (κ1) is 14.2. The summed E-state index contributed by atoms with van der Waals surface area (Å²) >= 11 is 0. The molecule has 0 amide bonds. The first-order chi connectivity index (χ1) is 10.2. The highest BCUT2D eigenvalue weighted by atomic mass is 16.5. The monoisotopic (exact) mass is 281 g/mol. The Kier molecular flexibility index (Phi) is 3.98. The molecule has 2 heteroatoms. The minimum Gasteiger partial charge on any atom is -0.493 e. The topological polar surface area (TPSA) is 21.3 Å². The van der Waals surface area contributed by atoms with E-state index in [1.807, 2.05) is 7.05 Å². The van der Waals surface area contributed by atoms with Crippen LogP contribution in [0.1, 0.15) is 40.3 Å². The summed E-state index contributed by atoms with van der Waals surface area (Å²) in [7, 11) is 2.02. The number of benzene rings is 2. The van der Waals surface area contributed by atoms with E-state index < -0.39 is 0 Å². The van der Waals surface area contributed by atoms with Crippen LogP contribution >= 0.6 is 0 Å². The molecule has 0 bridgehead atoms. The normalized spacial score (nSPS) is 15.2. The van der Waals surface area contributed by atoms with Crippen LogP contribution in [0.15, 0.2) is 36.4 Å². The van der Waals surface area contributed by atoms with Crippen LogP contribution in [0.4, 0.5) is 0 Å². The van der Waals surface area contributed by atoms with Gasteiger partial charge in [-0.05, 0) is 67.6 Å². The van der Waals surface area contributed by atoms with E-state index in [9.17, 15) is 0 Å². The van der Waals surface area contributed by atoms with Gasteiger partial charge in [0.2, 0.25) is 0 Å². The third-order valence-electron chi connectivity index (χ3n) is 4.42. The maximum atomic E-state index is 5.71. The third-order valence-corrected chi connectivity index (χ3v) is 4.42. The number of rotatable bonds is 3. The lowest BCUT2D eigenvalue weighted by atomic mass is 9.93. The highest BCUT2D eigenvalue weighted by Crippen LogP contribution is 2.30. The van der Waals surface area contributed by atoms with Gasteiger partial charge < -0.3 is 10.1 Å². The summed E-state index contributed by atoms with van der Waals surface area (Å²) in [5, 5.41) is 3.45. The Balaban J connectivity index is 1.97. The zero-order valence-electron chi connectivity index (χ0n) is 13.1. The van der Waals surface area contributed by atoms with E-state index in [2.05, 4.69) is 55.6 Å². The molecule has 2 aromatic rings. The first-order valence-electron chi connectivity index (χ1n) is 7.69. The van der Waals surface area contributed by atoms with E-state index >= 15 is 0 Å². The van der Waals surface area contributed by atoms with E-state index in [0.717, 1.165) is 25.2 Å². The highest BCUT2D eigenvalue weighted by molar-refractivity contribution is 5.43. The van der Waals surface area contributed by atoms with Crippen LogP contribution < -0.4 is 10.1 Å². The van der Waals surface area contributed by atoms with Crippen molar-refractivity contribution in [1.29, 1.82) is 0 Å². The minimum absolute atomic E-state index is 0.233. The van der Waals surface area contributed by atoms with E-state index in [-0.39, 0.29) is 6.04 Å². The molecule has 1 heterocycles. The average molecular weight is 281 g/mol. The van der Waals surface area contributed by atoms with E-state index in [1.165, 1.54) is 27.8 Å². The van der Waals surface area contributed by atoms with Crippen molar-refractivity contribution in [3.63, 3.8) is 0 Å². The van der Waals surface area contributed by atoms with Crippen molar-refractivity contribution < 1.29 is 4.74 Å². The maximum Gasteiger partial charge on any atom is 0.122 e. The van der Waals surface area contributed by atoms with Gasteiger partial charge in [-0.1, -0.05) is 30.3 Å². The fourth-order valence-electron chi connectivity index (χ4n) is 3.03. The molecule has 3 rings (SSSR count). The van der Waals surface area contributed by atoms with Crippen molar-refractivity contribution in [3.05, 3.63) is 64.2 Å². The Bertz CT molecular complexity index is 648. The van der Waals surface area contributed by atoms with Gasteiger partial charge in [0.25, 0.3) is 0 Å². The summed E-state index contributed by atoms with van der Waals surface area (Å²) in [6.45, 7) is 5.18. The van der Waals surface area contributed by atoms with Gasteiger partial charge in [0.1, 0.15) is 5.75 Å². The second kappa shape index (κ2) is 5.90. The number of nitrogens with one attached hydrogen (secondary N) is 1. The van der Waals surface area contributed by atoms with Gasteiger partial charge >= 0.3 is 0 Å². The molecule has 0 fully saturated rings. The standard InChI is InChI=1S/C19H23NO/c1-13-6-7-16(11-14(13)2)19(20-3)17-8-9-18-15(12-17)5-4-10-21-18/h6-9,11-12,19-20H,4-5,10H2,1-3H3. The number of hydrogen-bond acceptors (Lipinski definition) is 2. The van der Waals surface area contributed by atoms with Crippen LogP contribution in [0.2, 0.25) is 0 Å². The largest absolute Gasteiger partial charge is 0.493 e. The lowest BCUT2D eigenvalue weighted by molar-refractivity contribution is 0.288. The Hall–Kier alpha value is -1.80. The van der Waals surface area contributed by atoms with Gasteiger partial charge in [0, 0.05) is 0 Å². The fourth-order valence-corrected chi connectivity index (χ4v) is 3.03. The number of aryl methyl sites for hydroxylation is 3. The molecule has 1 atom stereocenters. The van der Waals surface area contributed by atoms with Gasteiger partial charge in [-0.25, -0.2) is 0 Å². The summed E-state index contributed by atoms with van der Waals surface area (Å²) < 4.78 is 5.71. The van der Waals surface area contributed by atoms with Crippen LogP contribution in [0.5, 0.6) is 5.75 Å². The second-order valence-corrected chi connectivity index (χ2v) is 5.88. The average Bonchev–Trinajstić information content (AvgIpc) is 2.51. The zero-order valence-corrected chi connectivity index (χ0v) is 13.1. The molecule has 110 valence electrons. The van der Waals surface area contributed by atoms with Crippen molar-refractivity contribution in [1.82, 2.24) is 5.32 Å². The molecular formula is C19H23NO. The summed E-state index contributed by atoms with van der Waals surface area (Å²) in [4.78, 5) is 0. The molecule has 0 saturated heterocycles. The Morgan fingerprint density at radius 3 is 2.52 bits per heavy atom. The number of fused-ring (bicyclic) bond motifs is 1.